The Morgan fingerprint density at radius 1 is 1.43 bits per heavy atom. The number of amides is 1. The number of thiophene rings is 1. The van der Waals surface area contributed by atoms with E-state index in [1.54, 1.807) is 16.2 Å². The molecule has 7 heteroatoms. The van der Waals surface area contributed by atoms with Crippen molar-refractivity contribution < 1.29 is 4.79 Å². The molecule has 0 atom stereocenters. The van der Waals surface area contributed by atoms with Crippen molar-refractivity contribution in [3.63, 3.8) is 0 Å². The Morgan fingerprint density at radius 2 is 2.24 bits per heavy atom. The van der Waals surface area contributed by atoms with Gasteiger partial charge in [0.1, 0.15) is 0 Å². The number of nitrogens with zero attached hydrogens (tertiary/aromatic N) is 1. The molecule has 0 radical (unpaired) electrons. The monoisotopic (exact) mass is 335 g/mol. The molecule has 108 valence electrons. The third kappa shape index (κ3) is 3.20. The van der Waals surface area contributed by atoms with Gasteiger partial charge in [-0.05, 0) is 42.0 Å². The van der Waals surface area contributed by atoms with Crippen LogP contribution in [-0.4, -0.2) is 34.1 Å². The highest BCUT2D eigenvalue weighted by atomic mass is 32.1. The average Bonchev–Trinajstić information content (AvgIpc) is 3.03. The molecule has 0 spiro atoms. The first-order valence-corrected chi connectivity index (χ1v) is 8.13. The molecular weight excluding hydrogens is 322 g/mol. The fourth-order valence-electron chi connectivity index (χ4n) is 2.18. The molecule has 2 heterocycles. The second kappa shape index (κ2) is 6.05. The number of nitrogens with one attached hydrogen (secondary N) is 2. The molecule has 1 amide bonds. The zero-order valence-electron chi connectivity index (χ0n) is 11.1. The number of benzene rings is 1. The standard InChI is InChI=1S/C14H13N3OS3/c18-12(16-14(20)17-6-5-15-13(17)19)8-10-7-9-3-1-2-4-11(9)21-10/h1-4,7H,5-6,8H2,(H,15,19)(H,16,18,20). The largest absolute Gasteiger partial charge is 0.360 e. The van der Waals surface area contributed by atoms with Gasteiger partial charge in [-0.1, -0.05) is 18.2 Å². The highest BCUT2D eigenvalue weighted by Crippen LogP contribution is 2.25. The maximum Gasteiger partial charge on any atom is 0.231 e. The lowest BCUT2D eigenvalue weighted by molar-refractivity contribution is -0.119. The van der Waals surface area contributed by atoms with E-state index in [0.29, 0.717) is 23.2 Å². The summed E-state index contributed by atoms with van der Waals surface area (Å²) >= 11 is 12.0. The first-order valence-electron chi connectivity index (χ1n) is 6.50. The van der Waals surface area contributed by atoms with Gasteiger partial charge in [-0.15, -0.1) is 11.3 Å². The summed E-state index contributed by atoms with van der Waals surface area (Å²) < 4.78 is 1.19. The molecule has 21 heavy (non-hydrogen) atoms. The zero-order chi connectivity index (χ0) is 14.8. The van der Waals surface area contributed by atoms with E-state index in [1.165, 1.54) is 4.70 Å². The summed E-state index contributed by atoms with van der Waals surface area (Å²) in [6.45, 7) is 1.45. The molecule has 0 saturated carbocycles. The van der Waals surface area contributed by atoms with Crippen LogP contribution in [0.2, 0.25) is 0 Å². The highest BCUT2D eigenvalue weighted by molar-refractivity contribution is 7.81. The predicted octanol–water partition coefficient (Wildman–Crippen LogP) is 2.03. The lowest BCUT2D eigenvalue weighted by atomic mass is 10.2. The molecule has 3 rings (SSSR count). The van der Waals surface area contributed by atoms with E-state index in [9.17, 15) is 4.79 Å². The smallest absolute Gasteiger partial charge is 0.231 e. The zero-order valence-corrected chi connectivity index (χ0v) is 13.5. The molecule has 2 N–H and O–H groups in total. The maximum absolute atomic E-state index is 12.1. The number of thiocarbonyl (C=S) groups is 2. The van der Waals surface area contributed by atoms with Gasteiger partial charge < -0.3 is 10.6 Å². The molecule has 1 aliphatic heterocycles. The fraction of sp³-hybridized carbons (Fsp3) is 0.214. The number of fused-ring (bicyclic) bond motifs is 1. The number of carbonyl (C=O) groups is 1. The van der Waals surface area contributed by atoms with Crippen LogP contribution in [0.5, 0.6) is 0 Å². The molecule has 0 unspecified atom stereocenters. The Labute approximate surface area is 137 Å². The van der Waals surface area contributed by atoms with Crippen molar-refractivity contribution >= 4 is 62.0 Å². The Kier molecular flexibility index (Phi) is 4.14. The van der Waals surface area contributed by atoms with Crippen LogP contribution in [0.15, 0.2) is 30.3 Å². The Balaban J connectivity index is 1.63. The van der Waals surface area contributed by atoms with Crippen molar-refractivity contribution in [3.05, 3.63) is 35.2 Å². The molecule has 1 saturated heterocycles. The van der Waals surface area contributed by atoms with Crippen LogP contribution in [0, 0.1) is 0 Å². The maximum atomic E-state index is 12.1. The average molecular weight is 335 g/mol. The number of carbonyl (C=O) groups excluding carboxylic acids is 1. The van der Waals surface area contributed by atoms with E-state index in [-0.39, 0.29) is 5.91 Å². The van der Waals surface area contributed by atoms with Crippen molar-refractivity contribution in [2.75, 3.05) is 13.1 Å². The summed E-state index contributed by atoms with van der Waals surface area (Å²) in [6, 6.07) is 10.1. The highest BCUT2D eigenvalue weighted by Gasteiger charge is 2.21. The quantitative estimate of drug-likeness (QED) is 0.822. The van der Waals surface area contributed by atoms with Crippen molar-refractivity contribution in [1.29, 1.82) is 0 Å². The predicted molar refractivity (Wildman–Crippen MR) is 93.6 cm³/mol. The fourth-order valence-corrected chi connectivity index (χ4v) is 3.88. The minimum Gasteiger partial charge on any atom is -0.360 e. The summed E-state index contributed by atoms with van der Waals surface area (Å²) in [4.78, 5) is 14.8. The lowest BCUT2D eigenvalue weighted by Gasteiger charge is -2.17. The molecule has 1 aromatic heterocycles. The van der Waals surface area contributed by atoms with Crippen LogP contribution in [0.25, 0.3) is 10.1 Å². The van der Waals surface area contributed by atoms with Crippen LogP contribution < -0.4 is 10.6 Å². The van der Waals surface area contributed by atoms with Crippen molar-refractivity contribution in [2.24, 2.45) is 0 Å². The van der Waals surface area contributed by atoms with E-state index < -0.39 is 0 Å². The summed E-state index contributed by atoms with van der Waals surface area (Å²) in [5, 5.41) is 7.86. The molecule has 1 fully saturated rings. The summed E-state index contributed by atoms with van der Waals surface area (Å²) in [6.07, 6.45) is 0.327. The van der Waals surface area contributed by atoms with Gasteiger partial charge in [-0.2, -0.15) is 0 Å². The van der Waals surface area contributed by atoms with Crippen LogP contribution in [0.1, 0.15) is 4.88 Å². The summed E-state index contributed by atoms with van der Waals surface area (Å²) in [7, 11) is 0. The van der Waals surface area contributed by atoms with Gasteiger partial charge in [-0.25, -0.2) is 0 Å². The summed E-state index contributed by atoms with van der Waals surface area (Å²) in [5.74, 6) is -0.110. The first kappa shape index (κ1) is 14.4. The second-order valence-electron chi connectivity index (χ2n) is 4.66. The molecule has 0 bridgehead atoms. The number of hydrogen-bond acceptors (Lipinski definition) is 4. The first-order chi connectivity index (χ1) is 10.1. The van der Waals surface area contributed by atoms with Gasteiger partial charge >= 0.3 is 0 Å². The Bertz CT molecular complexity index is 692. The van der Waals surface area contributed by atoms with Crippen LogP contribution >= 0.6 is 35.8 Å². The normalized spacial score (nSPS) is 14.3. The topological polar surface area (TPSA) is 44.4 Å². The SMILES string of the molecule is O=C(Cc1cc2ccccc2s1)NC(=S)N1CCNC1=S. The lowest BCUT2D eigenvalue weighted by Crippen LogP contribution is -2.44. The number of rotatable bonds is 2. The van der Waals surface area contributed by atoms with E-state index in [2.05, 4.69) is 16.7 Å². The number of hydrogen-bond donors (Lipinski definition) is 2. The van der Waals surface area contributed by atoms with Gasteiger partial charge in [0.05, 0.1) is 6.42 Å². The van der Waals surface area contributed by atoms with Gasteiger partial charge in [0, 0.05) is 22.7 Å². The van der Waals surface area contributed by atoms with Crippen LogP contribution in [-0.2, 0) is 11.2 Å². The van der Waals surface area contributed by atoms with Crippen molar-refractivity contribution in [1.82, 2.24) is 15.5 Å². The van der Waals surface area contributed by atoms with E-state index >= 15 is 0 Å². The molecule has 2 aromatic rings. The van der Waals surface area contributed by atoms with Gasteiger partial charge in [0.2, 0.25) is 5.91 Å². The van der Waals surface area contributed by atoms with Crippen LogP contribution in [0.4, 0.5) is 0 Å². The second-order valence-corrected chi connectivity index (χ2v) is 6.61. The molecule has 4 nitrogen and oxygen atoms in total. The minimum absolute atomic E-state index is 0.110. The minimum atomic E-state index is -0.110. The van der Waals surface area contributed by atoms with Gasteiger partial charge in [-0.3, -0.25) is 9.69 Å². The van der Waals surface area contributed by atoms with Gasteiger partial charge in [0.25, 0.3) is 0 Å². The van der Waals surface area contributed by atoms with Crippen molar-refractivity contribution in [3.8, 4) is 0 Å². The molecular formula is C14H13N3OS3. The summed E-state index contributed by atoms with van der Waals surface area (Å²) in [5.41, 5.74) is 0. The Morgan fingerprint density at radius 3 is 2.95 bits per heavy atom. The molecule has 0 aliphatic carbocycles. The molecule has 1 aromatic carbocycles. The van der Waals surface area contributed by atoms with E-state index in [1.807, 2.05) is 24.3 Å². The Hall–Kier alpha value is -1.57. The third-order valence-electron chi connectivity index (χ3n) is 3.16. The van der Waals surface area contributed by atoms with Crippen LogP contribution in [0.3, 0.4) is 0 Å². The molecule has 1 aliphatic rings. The van der Waals surface area contributed by atoms with E-state index in [0.717, 1.165) is 16.8 Å². The van der Waals surface area contributed by atoms with Crippen molar-refractivity contribution in [2.45, 2.75) is 6.42 Å². The van der Waals surface area contributed by atoms with E-state index in [4.69, 9.17) is 24.4 Å². The third-order valence-corrected chi connectivity index (χ3v) is 4.96. The van der Waals surface area contributed by atoms with Gasteiger partial charge in [0.15, 0.2) is 10.2 Å².